The molecule has 0 radical (unpaired) electrons. The number of nitrogens with one attached hydrogen (secondary N) is 1. The number of hydrogen-bond donors (Lipinski definition) is 2. The summed E-state index contributed by atoms with van der Waals surface area (Å²) in [5, 5.41) is 12.3. The first-order chi connectivity index (χ1) is 10.9. The predicted octanol–water partition coefficient (Wildman–Crippen LogP) is 3.30. The lowest BCUT2D eigenvalue weighted by atomic mass is 9.81. The van der Waals surface area contributed by atoms with Crippen LogP contribution < -0.4 is 5.32 Å². The van der Waals surface area contributed by atoms with Crippen molar-refractivity contribution in [3.63, 3.8) is 0 Å². The number of benzene rings is 1. The van der Waals surface area contributed by atoms with Crippen molar-refractivity contribution in [1.82, 2.24) is 5.32 Å². The fourth-order valence-corrected chi connectivity index (χ4v) is 3.11. The first-order valence-corrected chi connectivity index (χ1v) is 8.23. The summed E-state index contributed by atoms with van der Waals surface area (Å²) < 4.78 is 13.2. The first-order valence-electron chi connectivity index (χ1n) is 8.23. The summed E-state index contributed by atoms with van der Waals surface area (Å²) in [4.78, 5) is 24.0. The van der Waals surface area contributed by atoms with Gasteiger partial charge in [0.1, 0.15) is 11.4 Å². The third-order valence-corrected chi connectivity index (χ3v) is 4.68. The van der Waals surface area contributed by atoms with Gasteiger partial charge >= 0.3 is 5.97 Å². The summed E-state index contributed by atoms with van der Waals surface area (Å²) in [6.07, 6.45) is 4.79. The predicted molar refractivity (Wildman–Crippen MR) is 85.5 cm³/mol. The van der Waals surface area contributed by atoms with Crippen molar-refractivity contribution in [1.29, 1.82) is 0 Å². The van der Waals surface area contributed by atoms with E-state index >= 15 is 0 Å². The van der Waals surface area contributed by atoms with Crippen molar-refractivity contribution < 1.29 is 19.1 Å². The van der Waals surface area contributed by atoms with E-state index in [9.17, 15) is 19.1 Å². The highest BCUT2D eigenvalue weighted by Crippen LogP contribution is 2.29. The van der Waals surface area contributed by atoms with Gasteiger partial charge in [0, 0.05) is 5.92 Å². The van der Waals surface area contributed by atoms with Crippen molar-refractivity contribution in [3.8, 4) is 0 Å². The zero-order chi connectivity index (χ0) is 16.9. The molecule has 2 N–H and O–H groups in total. The number of aliphatic carboxylic acids is 1. The van der Waals surface area contributed by atoms with E-state index in [0.717, 1.165) is 24.8 Å². The maximum atomic E-state index is 13.2. The van der Waals surface area contributed by atoms with Gasteiger partial charge < -0.3 is 10.4 Å². The molecular weight excluding hydrogens is 297 g/mol. The molecule has 1 atom stereocenters. The van der Waals surface area contributed by atoms with Gasteiger partial charge in [0.2, 0.25) is 5.91 Å². The molecule has 0 bridgehead atoms. The van der Waals surface area contributed by atoms with E-state index in [0.29, 0.717) is 25.7 Å². The van der Waals surface area contributed by atoms with E-state index in [-0.39, 0.29) is 17.6 Å². The van der Waals surface area contributed by atoms with Gasteiger partial charge in [-0.1, -0.05) is 38.3 Å². The molecule has 1 fully saturated rings. The molecule has 1 amide bonds. The van der Waals surface area contributed by atoms with Gasteiger partial charge in [-0.2, -0.15) is 0 Å². The van der Waals surface area contributed by atoms with Crippen molar-refractivity contribution in [3.05, 3.63) is 35.6 Å². The van der Waals surface area contributed by atoms with Crippen molar-refractivity contribution in [2.24, 2.45) is 5.92 Å². The highest BCUT2D eigenvalue weighted by Gasteiger charge is 2.41. The smallest absolute Gasteiger partial charge is 0.329 e. The van der Waals surface area contributed by atoms with E-state index in [1.165, 1.54) is 12.1 Å². The van der Waals surface area contributed by atoms with Gasteiger partial charge in [-0.05, 0) is 43.4 Å². The molecule has 1 aromatic rings. The lowest BCUT2D eigenvalue weighted by Crippen LogP contribution is -2.56. The third-order valence-electron chi connectivity index (χ3n) is 4.68. The molecule has 1 aromatic carbocycles. The fraction of sp³-hybridized carbons (Fsp3) is 0.556. The SMILES string of the molecule is CC(CCc1cccc(F)c1)C(=O)NC1(C(=O)O)CCCCC1. The molecule has 4 nitrogen and oxygen atoms in total. The average molecular weight is 321 g/mol. The van der Waals surface area contributed by atoms with Crippen LogP contribution in [-0.4, -0.2) is 22.5 Å². The van der Waals surface area contributed by atoms with Gasteiger partial charge in [-0.15, -0.1) is 0 Å². The molecule has 126 valence electrons. The molecule has 0 spiro atoms. The van der Waals surface area contributed by atoms with E-state index in [1.807, 2.05) is 6.07 Å². The zero-order valence-corrected chi connectivity index (χ0v) is 13.5. The van der Waals surface area contributed by atoms with Crippen LogP contribution in [0.5, 0.6) is 0 Å². The second-order valence-electron chi connectivity index (χ2n) is 6.51. The topological polar surface area (TPSA) is 66.4 Å². The molecule has 1 unspecified atom stereocenters. The van der Waals surface area contributed by atoms with Crippen LogP contribution in [0.1, 0.15) is 51.0 Å². The Hall–Kier alpha value is -1.91. The van der Waals surface area contributed by atoms with E-state index in [4.69, 9.17) is 0 Å². The van der Waals surface area contributed by atoms with Crippen LogP contribution in [-0.2, 0) is 16.0 Å². The molecule has 23 heavy (non-hydrogen) atoms. The number of carbonyl (C=O) groups excluding carboxylic acids is 1. The minimum atomic E-state index is -1.11. The summed E-state index contributed by atoms with van der Waals surface area (Å²) in [6, 6.07) is 6.33. The number of rotatable bonds is 6. The Balaban J connectivity index is 1.92. The fourth-order valence-electron chi connectivity index (χ4n) is 3.11. The average Bonchev–Trinajstić information content (AvgIpc) is 2.53. The minimum absolute atomic E-state index is 0.231. The lowest BCUT2D eigenvalue weighted by molar-refractivity contribution is -0.150. The largest absolute Gasteiger partial charge is 0.480 e. The summed E-state index contributed by atoms with van der Waals surface area (Å²) in [5.41, 5.74) is -0.266. The Morgan fingerprint density at radius 1 is 1.30 bits per heavy atom. The Labute approximate surface area is 136 Å². The summed E-state index contributed by atoms with van der Waals surface area (Å²) in [7, 11) is 0. The van der Waals surface area contributed by atoms with Crippen LogP contribution in [0.4, 0.5) is 4.39 Å². The van der Waals surface area contributed by atoms with Crippen LogP contribution in [0, 0.1) is 11.7 Å². The maximum absolute atomic E-state index is 13.2. The second-order valence-corrected chi connectivity index (χ2v) is 6.51. The highest BCUT2D eigenvalue weighted by molar-refractivity contribution is 5.88. The molecule has 1 aliphatic rings. The van der Waals surface area contributed by atoms with Crippen LogP contribution in [0.15, 0.2) is 24.3 Å². The molecule has 0 aliphatic heterocycles. The van der Waals surface area contributed by atoms with E-state index in [1.54, 1.807) is 13.0 Å². The number of halogens is 1. The molecule has 5 heteroatoms. The molecule has 1 aliphatic carbocycles. The quantitative estimate of drug-likeness (QED) is 0.845. The number of amides is 1. The molecule has 0 heterocycles. The van der Waals surface area contributed by atoms with Crippen molar-refractivity contribution in [2.75, 3.05) is 0 Å². The second kappa shape index (κ2) is 7.57. The van der Waals surface area contributed by atoms with Gasteiger partial charge in [-0.3, -0.25) is 4.79 Å². The monoisotopic (exact) mass is 321 g/mol. The first kappa shape index (κ1) is 17.4. The number of hydrogen-bond acceptors (Lipinski definition) is 2. The maximum Gasteiger partial charge on any atom is 0.329 e. The van der Waals surface area contributed by atoms with Gasteiger partial charge in [0.05, 0.1) is 0 Å². The summed E-state index contributed by atoms with van der Waals surface area (Å²) >= 11 is 0. The molecular formula is C18H24FNO3. The number of carboxylic acids is 1. The van der Waals surface area contributed by atoms with Crippen LogP contribution in [0.25, 0.3) is 0 Å². The van der Waals surface area contributed by atoms with Gasteiger partial charge in [-0.25, -0.2) is 9.18 Å². The van der Waals surface area contributed by atoms with Crippen molar-refractivity contribution in [2.45, 2.75) is 57.4 Å². The molecule has 1 saturated carbocycles. The number of carboxylic acid groups (broad SMARTS) is 1. The lowest BCUT2D eigenvalue weighted by Gasteiger charge is -2.34. The van der Waals surface area contributed by atoms with Crippen LogP contribution in [0.2, 0.25) is 0 Å². The third kappa shape index (κ3) is 4.53. The Kier molecular flexibility index (Phi) is 5.74. The van der Waals surface area contributed by atoms with E-state index < -0.39 is 11.5 Å². The van der Waals surface area contributed by atoms with Gasteiger partial charge in [0.25, 0.3) is 0 Å². The minimum Gasteiger partial charge on any atom is -0.480 e. The Morgan fingerprint density at radius 2 is 2.00 bits per heavy atom. The Morgan fingerprint density at radius 3 is 2.61 bits per heavy atom. The zero-order valence-electron chi connectivity index (χ0n) is 13.5. The number of carbonyl (C=O) groups is 2. The van der Waals surface area contributed by atoms with Crippen LogP contribution >= 0.6 is 0 Å². The van der Waals surface area contributed by atoms with Crippen molar-refractivity contribution >= 4 is 11.9 Å². The molecule has 0 aromatic heterocycles. The van der Waals surface area contributed by atoms with Crippen LogP contribution in [0.3, 0.4) is 0 Å². The number of aryl methyl sites for hydroxylation is 1. The van der Waals surface area contributed by atoms with Gasteiger partial charge in [0.15, 0.2) is 0 Å². The van der Waals surface area contributed by atoms with E-state index in [2.05, 4.69) is 5.32 Å². The summed E-state index contributed by atoms with van der Waals surface area (Å²) in [6.45, 7) is 1.78. The Bertz CT molecular complexity index is 567. The summed E-state index contributed by atoms with van der Waals surface area (Å²) in [5.74, 6) is -1.77. The molecule has 2 rings (SSSR count). The highest BCUT2D eigenvalue weighted by atomic mass is 19.1. The normalized spacial score (nSPS) is 18.2. The molecule has 0 saturated heterocycles. The standard InChI is InChI=1S/C18H24FNO3/c1-13(8-9-14-6-5-7-15(19)12-14)16(21)20-18(17(22)23)10-3-2-4-11-18/h5-7,12-13H,2-4,8-11H2,1H3,(H,20,21)(H,22,23).